The van der Waals surface area contributed by atoms with Gasteiger partial charge < -0.3 is 5.32 Å². The number of hydrogen-bond acceptors (Lipinski definition) is 3. The molecule has 3 aromatic rings. The van der Waals surface area contributed by atoms with Crippen molar-refractivity contribution >= 4 is 11.3 Å². The number of fused-ring (bicyclic) bond motifs is 1. The number of rotatable bonds is 5. The molecular formula is C17H20N4. The molecule has 0 atom stereocenters. The van der Waals surface area contributed by atoms with Crippen LogP contribution in [0.25, 0.3) is 5.52 Å². The van der Waals surface area contributed by atoms with Gasteiger partial charge >= 0.3 is 0 Å². The smallest absolute Gasteiger partial charge is 0.152 e. The molecule has 0 saturated carbocycles. The second kappa shape index (κ2) is 5.95. The van der Waals surface area contributed by atoms with E-state index in [0.717, 1.165) is 30.0 Å². The Morgan fingerprint density at radius 2 is 2.00 bits per heavy atom. The van der Waals surface area contributed by atoms with E-state index in [1.54, 1.807) is 6.20 Å². The summed E-state index contributed by atoms with van der Waals surface area (Å²) in [5, 5.41) is 7.99. The highest BCUT2D eigenvalue weighted by molar-refractivity contribution is 5.67. The van der Waals surface area contributed by atoms with Crippen LogP contribution in [-0.2, 0) is 6.42 Å². The van der Waals surface area contributed by atoms with Gasteiger partial charge in [-0.2, -0.15) is 5.10 Å². The van der Waals surface area contributed by atoms with Crippen LogP contribution in [0.5, 0.6) is 0 Å². The molecular weight excluding hydrogens is 260 g/mol. The normalized spacial score (nSPS) is 11.2. The summed E-state index contributed by atoms with van der Waals surface area (Å²) in [5.74, 6) is 1.31. The highest BCUT2D eigenvalue weighted by Gasteiger charge is 2.09. The summed E-state index contributed by atoms with van der Waals surface area (Å²) in [6.07, 6.45) is 4.66. The SMILES string of the molecule is CC(C)c1cc2c(NCCc3ccccc3)nccn2n1. The molecule has 4 heteroatoms. The monoisotopic (exact) mass is 280 g/mol. The zero-order valence-corrected chi connectivity index (χ0v) is 12.5. The van der Waals surface area contributed by atoms with Crippen molar-refractivity contribution in [2.75, 3.05) is 11.9 Å². The van der Waals surface area contributed by atoms with Crippen molar-refractivity contribution in [3.05, 3.63) is 60.0 Å². The summed E-state index contributed by atoms with van der Waals surface area (Å²) in [7, 11) is 0. The van der Waals surface area contributed by atoms with Crippen molar-refractivity contribution in [2.45, 2.75) is 26.2 Å². The third-order valence-corrected chi connectivity index (χ3v) is 3.55. The summed E-state index contributed by atoms with van der Waals surface area (Å²) < 4.78 is 1.90. The van der Waals surface area contributed by atoms with Gasteiger partial charge in [-0.3, -0.25) is 0 Å². The van der Waals surface area contributed by atoms with Crippen LogP contribution in [-0.4, -0.2) is 21.1 Å². The second-order valence-electron chi connectivity index (χ2n) is 5.49. The van der Waals surface area contributed by atoms with E-state index in [0.29, 0.717) is 5.92 Å². The lowest BCUT2D eigenvalue weighted by atomic mass is 10.1. The average Bonchev–Trinajstić information content (AvgIpc) is 2.94. The fourth-order valence-corrected chi connectivity index (χ4v) is 2.33. The van der Waals surface area contributed by atoms with Crippen LogP contribution in [0.1, 0.15) is 31.0 Å². The summed E-state index contributed by atoms with van der Waals surface area (Å²) >= 11 is 0. The standard InChI is InChI=1S/C17H20N4/c1-13(2)15-12-16-17(19-10-11-21(16)20-15)18-9-8-14-6-4-3-5-7-14/h3-7,10-13H,8-9H2,1-2H3,(H,18,19). The van der Waals surface area contributed by atoms with Gasteiger partial charge in [0.25, 0.3) is 0 Å². The average molecular weight is 280 g/mol. The molecule has 0 aliphatic heterocycles. The lowest BCUT2D eigenvalue weighted by Crippen LogP contribution is -2.07. The lowest BCUT2D eigenvalue weighted by molar-refractivity contribution is 0.787. The highest BCUT2D eigenvalue weighted by atomic mass is 15.2. The minimum atomic E-state index is 0.419. The van der Waals surface area contributed by atoms with Crippen LogP contribution in [0.15, 0.2) is 48.8 Å². The van der Waals surface area contributed by atoms with Crippen molar-refractivity contribution in [3.8, 4) is 0 Å². The lowest BCUT2D eigenvalue weighted by Gasteiger charge is -2.06. The Hall–Kier alpha value is -2.36. The van der Waals surface area contributed by atoms with Crippen molar-refractivity contribution in [3.63, 3.8) is 0 Å². The predicted molar refractivity (Wildman–Crippen MR) is 85.7 cm³/mol. The minimum Gasteiger partial charge on any atom is -0.368 e. The number of aromatic nitrogens is 3. The van der Waals surface area contributed by atoms with Crippen molar-refractivity contribution < 1.29 is 0 Å². The van der Waals surface area contributed by atoms with Gasteiger partial charge in [0.2, 0.25) is 0 Å². The van der Waals surface area contributed by atoms with E-state index in [9.17, 15) is 0 Å². The van der Waals surface area contributed by atoms with E-state index in [1.165, 1.54) is 5.56 Å². The zero-order valence-electron chi connectivity index (χ0n) is 12.5. The number of benzene rings is 1. The Morgan fingerprint density at radius 3 is 2.76 bits per heavy atom. The Bertz CT molecular complexity index is 716. The molecule has 0 aliphatic rings. The minimum absolute atomic E-state index is 0.419. The zero-order chi connectivity index (χ0) is 14.7. The first-order valence-corrected chi connectivity index (χ1v) is 7.36. The number of nitrogens with zero attached hydrogens (tertiary/aromatic N) is 3. The van der Waals surface area contributed by atoms with Gasteiger partial charge in [-0.05, 0) is 24.0 Å². The van der Waals surface area contributed by atoms with Gasteiger partial charge in [0.1, 0.15) is 5.52 Å². The summed E-state index contributed by atoms with van der Waals surface area (Å²) in [6.45, 7) is 5.16. The topological polar surface area (TPSA) is 42.2 Å². The first-order chi connectivity index (χ1) is 10.2. The molecule has 108 valence electrons. The molecule has 2 aromatic heterocycles. The molecule has 0 amide bonds. The van der Waals surface area contributed by atoms with Gasteiger partial charge in [-0.15, -0.1) is 0 Å². The second-order valence-corrected chi connectivity index (χ2v) is 5.49. The fourth-order valence-electron chi connectivity index (χ4n) is 2.33. The van der Waals surface area contributed by atoms with Gasteiger partial charge in [0, 0.05) is 18.9 Å². The highest BCUT2D eigenvalue weighted by Crippen LogP contribution is 2.19. The molecule has 3 rings (SSSR count). The van der Waals surface area contributed by atoms with Crippen LogP contribution in [0.3, 0.4) is 0 Å². The van der Waals surface area contributed by atoms with Gasteiger partial charge in [0.15, 0.2) is 5.82 Å². The maximum absolute atomic E-state index is 4.58. The van der Waals surface area contributed by atoms with E-state index < -0.39 is 0 Å². The predicted octanol–water partition coefficient (Wildman–Crippen LogP) is 3.51. The molecule has 0 spiro atoms. The first kappa shape index (κ1) is 13.6. The summed E-state index contributed by atoms with van der Waals surface area (Å²) in [4.78, 5) is 4.44. The largest absolute Gasteiger partial charge is 0.368 e. The fraction of sp³-hybridized carbons (Fsp3) is 0.294. The molecule has 0 saturated heterocycles. The Labute approximate surface area is 124 Å². The molecule has 2 heterocycles. The van der Waals surface area contributed by atoms with E-state index in [2.05, 4.69) is 59.6 Å². The van der Waals surface area contributed by atoms with E-state index in [4.69, 9.17) is 0 Å². The molecule has 0 radical (unpaired) electrons. The summed E-state index contributed by atoms with van der Waals surface area (Å²) in [5.41, 5.74) is 3.46. The Morgan fingerprint density at radius 1 is 1.19 bits per heavy atom. The molecule has 0 unspecified atom stereocenters. The molecule has 1 N–H and O–H groups in total. The third kappa shape index (κ3) is 3.05. The first-order valence-electron chi connectivity index (χ1n) is 7.36. The number of nitrogens with one attached hydrogen (secondary N) is 1. The van der Waals surface area contributed by atoms with Crippen LogP contribution >= 0.6 is 0 Å². The van der Waals surface area contributed by atoms with Gasteiger partial charge in [0.05, 0.1) is 5.69 Å². The van der Waals surface area contributed by atoms with Crippen molar-refractivity contribution in [1.82, 2.24) is 14.6 Å². The molecule has 1 aromatic carbocycles. The molecule has 4 nitrogen and oxygen atoms in total. The third-order valence-electron chi connectivity index (χ3n) is 3.55. The molecule has 0 fully saturated rings. The van der Waals surface area contributed by atoms with Gasteiger partial charge in [-0.1, -0.05) is 44.2 Å². The number of anilines is 1. The van der Waals surface area contributed by atoms with Crippen LogP contribution < -0.4 is 5.32 Å². The van der Waals surface area contributed by atoms with Crippen molar-refractivity contribution in [2.24, 2.45) is 0 Å². The Balaban J connectivity index is 1.74. The van der Waals surface area contributed by atoms with E-state index in [-0.39, 0.29) is 0 Å². The van der Waals surface area contributed by atoms with Crippen molar-refractivity contribution in [1.29, 1.82) is 0 Å². The van der Waals surface area contributed by atoms with Crippen LogP contribution in [0, 0.1) is 0 Å². The molecule has 0 aliphatic carbocycles. The van der Waals surface area contributed by atoms with Gasteiger partial charge in [-0.25, -0.2) is 9.50 Å². The van der Waals surface area contributed by atoms with E-state index in [1.807, 2.05) is 16.8 Å². The maximum atomic E-state index is 4.58. The van der Waals surface area contributed by atoms with E-state index >= 15 is 0 Å². The Kier molecular flexibility index (Phi) is 3.86. The number of hydrogen-bond donors (Lipinski definition) is 1. The summed E-state index contributed by atoms with van der Waals surface area (Å²) in [6, 6.07) is 12.6. The van der Waals surface area contributed by atoms with Crippen LogP contribution in [0.4, 0.5) is 5.82 Å². The molecule has 21 heavy (non-hydrogen) atoms. The van der Waals surface area contributed by atoms with Crippen LogP contribution in [0.2, 0.25) is 0 Å². The molecule has 0 bridgehead atoms. The quantitative estimate of drug-likeness (QED) is 0.777. The maximum Gasteiger partial charge on any atom is 0.152 e.